The van der Waals surface area contributed by atoms with Crippen molar-refractivity contribution in [2.24, 2.45) is 0 Å². The summed E-state index contributed by atoms with van der Waals surface area (Å²) < 4.78 is 10.6. The van der Waals surface area contributed by atoms with E-state index in [2.05, 4.69) is 22.8 Å². The number of amides is 2. The van der Waals surface area contributed by atoms with Gasteiger partial charge in [0.05, 0.1) is 6.61 Å². The Hall–Kier alpha value is -3.39. The maximum absolute atomic E-state index is 13.1. The summed E-state index contributed by atoms with van der Waals surface area (Å²) in [5.41, 5.74) is 1.44. The van der Waals surface area contributed by atoms with Crippen LogP contribution in [0.3, 0.4) is 0 Å². The molecule has 2 amide bonds. The molecule has 3 N–H and O–H groups in total. The molecule has 1 aliphatic rings. The Morgan fingerprint density at radius 3 is 1.97 bits per heavy atom. The smallest absolute Gasteiger partial charge is 0.408 e. The first kappa shape index (κ1) is 25.2. The van der Waals surface area contributed by atoms with Gasteiger partial charge in [-0.25, -0.2) is 9.59 Å². The predicted octanol–water partition coefficient (Wildman–Crippen LogP) is 3.69. The molecule has 8 heteroatoms. The Kier molecular flexibility index (Phi) is 7.61. The lowest BCUT2D eigenvalue weighted by Crippen LogP contribution is -2.65. The summed E-state index contributed by atoms with van der Waals surface area (Å²) in [5.74, 6) is -1.93. The number of nitrogens with one attached hydrogen (secondary N) is 2. The number of hydrogen-bond donors (Lipinski definition) is 3. The van der Waals surface area contributed by atoms with Gasteiger partial charge in [0, 0.05) is 13.0 Å². The Morgan fingerprint density at radius 1 is 0.941 bits per heavy atom. The van der Waals surface area contributed by atoms with Gasteiger partial charge in [-0.2, -0.15) is 0 Å². The molecule has 0 heterocycles. The average Bonchev–Trinajstić information content (AvgIpc) is 3.15. The van der Waals surface area contributed by atoms with Crippen molar-refractivity contribution in [1.82, 2.24) is 10.6 Å². The maximum Gasteiger partial charge on any atom is 0.408 e. The van der Waals surface area contributed by atoms with Crippen LogP contribution in [0.15, 0.2) is 48.5 Å². The lowest BCUT2D eigenvalue weighted by Gasteiger charge is -2.34. The molecule has 2 atom stereocenters. The lowest BCUT2D eigenvalue weighted by molar-refractivity contribution is -0.151. The van der Waals surface area contributed by atoms with E-state index in [0.717, 1.165) is 22.3 Å². The number of carboxylic acid groups (broad SMARTS) is 1. The third-order valence-corrected chi connectivity index (χ3v) is 6.69. The number of aliphatic carboxylic acids is 1. The highest BCUT2D eigenvalue weighted by molar-refractivity contribution is 5.94. The average molecular weight is 469 g/mol. The van der Waals surface area contributed by atoms with Crippen molar-refractivity contribution in [2.45, 2.75) is 50.6 Å². The lowest BCUT2D eigenvalue weighted by atomic mass is 9.92. The number of fused-ring (bicyclic) bond motifs is 3. The minimum atomic E-state index is -1.59. The molecule has 0 fully saturated rings. The van der Waals surface area contributed by atoms with E-state index >= 15 is 0 Å². The van der Waals surface area contributed by atoms with Crippen LogP contribution in [0.5, 0.6) is 0 Å². The summed E-state index contributed by atoms with van der Waals surface area (Å²) >= 11 is 0. The first-order valence-electron chi connectivity index (χ1n) is 11.4. The van der Waals surface area contributed by atoms with Crippen LogP contribution in [-0.4, -0.2) is 54.5 Å². The molecule has 2 unspecified atom stereocenters. The van der Waals surface area contributed by atoms with Crippen molar-refractivity contribution in [3.8, 4) is 11.1 Å². The first-order valence-corrected chi connectivity index (χ1v) is 11.4. The molecule has 34 heavy (non-hydrogen) atoms. The van der Waals surface area contributed by atoms with E-state index < -0.39 is 29.0 Å². The van der Waals surface area contributed by atoms with Crippen molar-refractivity contribution in [2.75, 3.05) is 20.3 Å². The topological polar surface area (TPSA) is 114 Å². The van der Waals surface area contributed by atoms with E-state index in [-0.39, 0.29) is 32.0 Å². The summed E-state index contributed by atoms with van der Waals surface area (Å²) in [5, 5.41) is 14.9. The molecule has 0 aliphatic heterocycles. The van der Waals surface area contributed by atoms with Crippen molar-refractivity contribution >= 4 is 18.0 Å². The highest BCUT2D eigenvalue weighted by atomic mass is 16.5. The van der Waals surface area contributed by atoms with E-state index in [1.54, 1.807) is 20.8 Å². The van der Waals surface area contributed by atoms with E-state index in [1.165, 1.54) is 7.11 Å². The minimum Gasteiger partial charge on any atom is -0.479 e. The predicted molar refractivity (Wildman–Crippen MR) is 128 cm³/mol. The fourth-order valence-corrected chi connectivity index (χ4v) is 4.26. The fourth-order valence-electron chi connectivity index (χ4n) is 4.26. The van der Waals surface area contributed by atoms with Gasteiger partial charge in [0.15, 0.2) is 5.54 Å². The van der Waals surface area contributed by atoms with Gasteiger partial charge in [-0.15, -0.1) is 0 Å². The third-order valence-electron chi connectivity index (χ3n) is 6.69. The molecule has 0 bridgehead atoms. The molecular weight excluding hydrogens is 436 g/mol. The Labute approximate surface area is 199 Å². The second-order valence-electron chi connectivity index (χ2n) is 8.76. The van der Waals surface area contributed by atoms with E-state index in [0.29, 0.717) is 0 Å². The molecule has 8 nitrogen and oxygen atoms in total. The molecule has 0 aromatic heterocycles. The molecule has 0 spiro atoms. The molecule has 0 saturated carbocycles. The van der Waals surface area contributed by atoms with Crippen molar-refractivity contribution < 1.29 is 29.0 Å². The number of ether oxygens (including phenoxy) is 2. The largest absolute Gasteiger partial charge is 0.479 e. The second kappa shape index (κ2) is 10.3. The zero-order valence-electron chi connectivity index (χ0n) is 20.0. The molecule has 0 radical (unpaired) electrons. The SMILES string of the molecule is CCC(C)(NC(=O)OCC1c2ccccc2-c2ccccc21)C(=O)NC(CC)(COC)C(=O)O. The van der Waals surface area contributed by atoms with Crippen molar-refractivity contribution in [3.05, 3.63) is 59.7 Å². The number of carbonyl (C=O) groups is 3. The van der Waals surface area contributed by atoms with Crippen LogP contribution in [0.1, 0.15) is 50.7 Å². The van der Waals surface area contributed by atoms with Crippen LogP contribution < -0.4 is 10.6 Å². The first-order chi connectivity index (χ1) is 16.2. The second-order valence-corrected chi connectivity index (χ2v) is 8.76. The van der Waals surface area contributed by atoms with Crippen LogP contribution in [0.2, 0.25) is 0 Å². The Balaban J connectivity index is 1.71. The number of rotatable bonds is 10. The van der Waals surface area contributed by atoms with E-state index in [1.807, 2.05) is 36.4 Å². The molecular formula is C26H32N2O6. The highest BCUT2D eigenvalue weighted by Crippen LogP contribution is 2.44. The number of carboxylic acids is 1. The molecule has 2 aromatic carbocycles. The standard InChI is InChI=1S/C26H32N2O6/c1-5-25(3,22(29)27-26(6-2,16-33-4)23(30)31)28-24(32)34-15-21-19-13-9-7-11-17(19)18-12-8-10-14-20(18)21/h7-14,21H,5-6,15-16H2,1-4H3,(H,27,29)(H,28,32)(H,30,31). The van der Waals surface area contributed by atoms with Crippen LogP contribution in [-0.2, 0) is 19.1 Å². The monoisotopic (exact) mass is 468 g/mol. The maximum atomic E-state index is 13.1. The van der Waals surface area contributed by atoms with Gasteiger partial charge in [-0.3, -0.25) is 4.79 Å². The number of hydrogen-bond acceptors (Lipinski definition) is 5. The summed E-state index contributed by atoms with van der Waals surface area (Å²) in [4.78, 5) is 37.7. The van der Waals surface area contributed by atoms with Crippen LogP contribution in [0.25, 0.3) is 11.1 Å². The van der Waals surface area contributed by atoms with Gasteiger partial charge in [0.25, 0.3) is 0 Å². The van der Waals surface area contributed by atoms with E-state index in [9.17, 15) is 19.5 Å². The summed E-state index contributed by atoms with van der Waals surface area (Å²) in [6.45, 7) is 4.83. The van der Waals surface area contributed by atoms with Gasteiger partial charge >= 0.3 is 12.1 Å². The number of alkyl carbamates (subject to hydrolysis) is 1. The summed E-state index contributed by atoms with van der Waals surface area (Å²) in [7, 11) is 1.37. The minimum absolute atomic E-state index is 0.110. The van der Waals surface area contributed by atoms with Crippen LogP contribution in [0.4, 0.5) is 4.79 Å². The van der Waals surface area contributed by atoms with Crippen LogP contribution in [0, 0.1) is 0 Å². The van der Waals surface area contributed by atoms with Gasteiger partial charge in [-0.1, -0.05) is 62.4 Å². The number of benzene rings is 2. The third kappa shape index (κ3) is 4.77. The van der Waals surface area contributed by atoms with Crippen molar-refractivity contribution in [3.63, 3.8) is 0 Å². The fraction of sp³-hybridized carbons (Fsp3) is 0.423. The zero-order chi connectivity index (χ0) is 24.9. The van der Waals surface area contributed by atoms with Crippen molar-refractivity contribution in [1.29, 1.82) is 0 Å². The molecule has 1 aliphatic carbocycles. The van der Waals surface area contributed by atoms with Gasteiger partial charge < -0.3 is 25.2 Å². The summed E-state index contributed by atoms with van der Waals surface area (Å²) in [6, 6.07) is 16.0. The Bertz CT molecular complexity index is 1030. The number of methoxy groups -OCH3 is 1. The molecule has 0 saturated heterocycles. The van der Waals surface area contributed by atoms with Gasteiger partial charge in [0.2, 0.25) is 5.91 Å². The van der Waals surface area contributed by atoms with E-state index in [4.69, 9.17) is 9.47 Å². The normalized spacial score (nSPS) is 15.9. The zero-order valence-corrected chi connectivity index (χ0v) is 20.0. The highest BCUT2D eigenvalue weighted by Gasteiger charge is 2.44. The van der Waals surface area contributed by atoms with Gasteiger partial charge in [0.1, 0.15) is 12.1 Å². The quantitative estimate of drug-likeness (QED) is 0.490. The van der Waals surface area contributed by atoms with Gasteiger partial charge in [-0.05, 0) is 42.0 Å². The summed E-state index contributed by atoms with van der Waals surface area (Å²) in [6.07, 6.45) is -0.396. The number of carbonyl (C=O) groups excluding carboxylic acids is 2. The molecule has 182 valence electrons. The van der Waals surface area contributed by atoms with Crippen LogP contribution >= 0.6 is 0 Å². The molecule has 2 aromatic rings. The molecule has 3 rings (SSSR count). The Morgan fingerprint density at radius 2 is 1.50 bits per heavy atom.